The zero-order valence-electron chi connectivity index (χ0n) is 17.4. The quantitative estimate of drug-likeness (QED) is 0.379. The molecule has 0 unspecified atom stereocenters. The van der Waals surface area contributed by atoms with Crippen molar-refractivity contribution in [1.29, 1.82) is 0 Å². The zero-order valence-corrected chi connectivity index (χ0v) is 18.9. The van der Waals surface area contributed by atoms with Gasteiger partial charge >= 0.3 is 5.97 Å². The monoisotopic (exact) mass is 467 g/mol. The fourth-order valence-corrected chi connectivity index (χ4v) is 3.98. The number of rotatable bonds is 5. The van der Waals surface area contributed by atoms with Gasteiger partial charge in [0, 0.05) is 41.6 Å². The van der Waals surface area contributed by atoms with E-state index in [-0.39, 0.29) is 21.9 Å². The maximum atomic E-state index is 12.9. The van der Waals surface area contributed by atoms with E-state index in [0.29, 0.717) is 23.4 Å². The van der Waals surface area contributed by atoms with E-state index in [0.717, 1.165) is 22.0 Å². The van der Waals surface area contributed by atoms with E-state index in [1.54, 1.807) is 18.2 Å². The van der Waals surface area contributed by atoms with Crippen LogP contribution in [-0.4, -0.2) is 28.5 Å². The molecule has 0 aliphatic carbocycles. The van der Waals surface area contributed by atoms with Crippen LogP contribution in [0.3, 0.4) is 0 Å². The second-order valence-electron chi connectivity index (χ2n) is 7.29. The van der Waals surface area contributed by atoms with Crippen molar-refractivity contribution in [2.24, 2.45) is 0 Å². The SMILES string of the molecule is COC(=O)c1ccc(Cn2cc(C)c3ccc(C(=O)Nc4c(Cl)cncc4Cl)cc32)cc1. The molecule has 0 saturated carbocycles. The van der Waals surface area contributed by atoms with Crippen LogP contribution in [0.1, 0.15) is 31.8 Å². The lowest BCUT2D eigenvalue weighted by Crippen LogP contribution is -2.13. The molecule has 6 nitrogen and oxygen atoms in total. The maximum Gasteiger partial charge on any atom is 0.337 e. The van der Waals surface area contributed by atoms with Gasteiger partial charge in [0.2, 0.25) is 0 Å². The van der Waals surface area contributed by atoms with Crippen LogP contribution in [0, 0.1) is 6.92 Å². The van der Waals surface area contributed by atoms with Gasteiger partial charge in [0.05, 0.1) is 28.4 Å². The number of ether oxygens (including phenoxy) is 1. The Balaban J connectivity index is 1.63. The molecule has 1 amide bonds. The molecule has 0 saturated heterocycles. The average molecular weight is 468 g/mol. The number of pyridine rings is 1. The third kappa shape index (κ3) is 4.33. The van der Waals surface area contributed by atoms with Crippen LogP contribution >= 0.6 is 23.2 Å². The molecule has 0 aliphatic rings. The smallest absolute Gasteiger partial charge is 0.337 e. The Morgan fingerprint density at radius 1 is 1.03 bits per heavy atom. The number of amides is 1. The number of carbonyl (C=O) groups is 2. The van der Waals surface area contributed by atoms with Gasteiger partial charge in [0.15, 0.2) is 0 Å². The number of fused-ring (bicyclic) bond motifs is 1. The molecule has 162 valence electrons. The zero-order chi connectivity index (χ0) is 22.8. The Morgan fingerprint density at radius 2 is 1.69 bits per heavy atom. The van der Waals surface area contributed by atoms with E-state index < -0.39 is 0 Å². The van der Waals surface area contributed by atoms with Gasteiger partial charge in [-0.05, 0) is 42.3 Å². The van der Waals surface area contributed by atoms with Crippen LogP contribution in [-0.2, 0) is 11.3 Å². The summed E-state index contributed by atoms with van der Waals surface area (Å²) in [5.41, 5.74) is 4.32. The van der Waals surface area contributed by atoms with Gasteiger partial charge in [-0.1, -0.05) is 41.4 Å². The highest BCUT2D eigenvalue weighted by atomic mass is 35.5. The number of hydrogen-bond donors (Lipinski definition) is 1. The normalized spacial score (nSPS) is 10.9. The molecule has 0 aliphatic heterocycles. The highest BCUT2D eigenvalue weighted by Gasteiger charge is 2.15. The summed E-state index contributed by atoms with van der Waals surface area (Å²) in [4.78, 5) is 28.4. The molecular formula is C24H19Cl2N3O3. The summed E-state index contributed by atoms with van der Waals surface area (Å²) >= 11 is 12.2. The highest BCUT2D eigenvalue weighted by Crippen LogP contribution is 2.30. The molecule has 1 N–H and O–H groups in total. The molecule has 2 heterocycles. The molecule has 8 heteroatoms. The predicted molar refractivity (Wildman–Crippen MR) is 126 cm³/mol. The molecule has 0 radical (unpaired) electrons. The molecule has 2 aromatic heterocycles. The second-order valence-corrected chi connectivity index (χ2v) is 8.11. The number of esters is 1. The van der Waals surface area contributed by atoms with Crippen molar-refractivity contribution < 1.29 is 14.3 Å². The van der Waals surface area contributed by atoms with Gasteiger partial charge < -0.3 is 14.6 Å². The van der Waals surface area contributed by atoms with Gasteiger partial charge in [0.25, 0.3) is 5.91 Å². The van der Waals surface area contributed by atoms with Gasteiger partial charge in [-0.25, -0.2) is 4.79 Å². The summed E-state index contributed by atoms with van der Waals surface area (Å²) in [6.45, 7) is 2.61. The topological polar surface area (TPSA) is 73.2 Å². The summed E-state index contributed by atoms with van der Waals surface area (Å²) in [6, 6.07) is 12.8. The molecule has 4 aromatic rings. The molecule has 0 spiro atoms. The first-order valence-corrected chi connectivity index (χ1v) is 10.5. The van der Waals surface area contributed by atoms with Crippen molar-refractivity contribution in [3.63, 3.8) is 0 Å². The molecule has 0 fully saturated rings. The van der Waals surface area contributed by atoms with E-state index in [1.807, 2.05) is 37.4 Å². The van der Waals surface area contributed by atoms with Gasteiger partial charge in [-0.15, -0.1) is 0 Å². The lowest BCUT2D eigenvalue weighted by Gasteiger charge is -2.10. The maximum absolute atomic E-state index is 12.9. The summed E-state index contributed by atoms with van der Waals surface area (Å²) in [7, 11) is 1.36. The number of nitrogens with one attached hydrogen (secondary N) is 1. The first-order valence-electron chi connectivity index (χ1n) is 9.74. The summed E-state index contributed by atoms with van der Waals surface area (Å²) in [5, 5.41) is 4.34. The lowest BCUT2D eigenvalue weighted by atomic mass is 10.1. The average Bonchev–Trinajstić information content (AvgIpc) is 3.10. The Labute approximate surface area is 194 Å². The third-order valence-corrected chi connectivity index (χ3v) is 5.74. The Hall–Kier alpha value is -3.35. The van der Waals surface area contributed by atoms with E-state index in [9.17, 15) is 9.59 Å². The minimum Gasteiger partial charge on any atom is -0.465 e. The number of hydrogen-bond acceptors (Lipinski definition) is 4. The number of aryl methyl sites for hydroxylation is 1. The van der Waals surface area contributed by atoms with Crippen LogP contribution < -0.4 is 5.32 Å². The Morgan fingerprint density at radius 3 is 2.34 bits per heavy atom. The van der Waals surface area contributed by atoms with Gasteiger partial charge in [-0.3, -0.25) is 9.78 Å². The Kier molecular flexibility index (Phi) is 6.17. The van der Waals surface area contributed by atoms with Crippen LogP contribution in [0.2, 0.25) is 10.0 Å². The largest absolute Gasteiger partial charge is 0.465 e. The molecule has 2 aromatic carbocycles. The molecular weight excluding hydrogens is 449 g/mol. The molecule has 0 bridgehead atoms. The van der Waals surface area contributed by atoms with Crippen molar-refractivity contribution in [3.05, 3.63) is 93.4 Å². The molecule has 0 atom stereocenters. The minimum absolute atomic E-state index is 0.265. The van der Waals surface area contributed by atoms with Crippen LogP contribution in [0.15, 0.2) is 61.1 Å². The first-order chi connectivity index (χ1) is 15.4. The van der Waals surface area contributed by atoms with Gasteiger partial charge in [0.1, 0.15) is 0 Å². The van der Waals surface area contributed by atoms with E-state index >= 15 is 0 Å². The summed E-state index contributed by atoms with van der Waals surface area (Å²) in [5.74, 6) is -0.696. The number of nitrogens with zero attached hydrogens (tertiary/aromatic N) is 2. The van der Waals surface area contributed by atoms with Crippen molar-refractivity contribution in [2.75, 3.05) is 12.4 Å². The molecule has 4 rings (SSSR count). The fourth-order valence-electron chi connectivity index (χ4n) is 3.52. The van der Waals surface area contributed by atoms with E-state index in [2.05, 4.69) is 14.9 Å². The number of carbonyl (C=O) groups excluding carboxylic acids is 2. The first kappa shape index (κ1) is 21.9. The number of anilines is 1. The number of halogens is 2. The van der Waals surface area contributed by atoms with Crippen molar-refractivity contribution >= 4 is 51.7 Å². The van der Waals surface area contributed by atoms with Crippen molar-refractivity contribution in [3.8, 4) is 0 Å². The number of methoxy groups -OCH3 is 1. The fraction of sp³-hybridized carbons (Fsp3) is 0.125. The second kappa shape index (κ2) is 9.02. The van der Waals surface area contributed by atoms with Gasteiger partial charge in [-0.2, -0.15) is 0 Å². The van der Waals surface area contributed by atoms with Crippen LogP contribution in [0.5, 0.6) is 0 Å². The molecule has 32 heavy (non-hydrogen) atoms. The number of aromatic nitrogens is 2. The van der Waals surface area contributed by atoms with Crippen molar-refractivity contribution in [2.45, 2.75) is 13.5 Å². The third-order valence-electron chi connectivity index (χ3n) is 5.16. The van der Waals surface area contributed by atoms with E-state index in [4.69, 9.17) is 27.9 Å². The summed E-state index contributed by atoms with van der Waals surface area (Å²) in [6.07, 6.45) is 4.88. The Bertz CT molecular complexity index is 1310. The predicted octanol–water partition coefficient (Wildman–Crippen LogP) is 5.74. The highest BCUT2D eigenvalue weighted by molar-refractivity contribution is 6.39. The lowest BCUT2D eigenvalue weighted by molar-refractivity contribution is 0.0600. The minimum atomic E-state index is -0.371. The van der Waals surface area contributed by atoms with Crippen molar-refractivity contribution in [1.82, 2.24) is 9.55 Å². The standard InChI is InChI=1S/C24H19Cl2N3O3/c1-14-12-29(13-15-3-5-16(6-4-15)24(31)32-2)21-9-17(7-8-18(14)21)23(30)28-22-19(25)10-27-11-20(22)26/h3-12H,13H2,1-2H3,(H,27,28,30). The van der Waals surface area contributed by atoms with E-state index in [1.165, 1.54) is 19.5 Å². The van der Waals surface area contributed by atoms with Crippen LogP contribution in [0.4, 0.5) is 5.69 Å². The number of benzene rings is 2. The summed E-state index contributed by atoms with van der Waals surface area (Å²) < 4.78 is 6.82. The van der Waals surface area contributed by atoms with Crippen LogP contribution in [0.25, 0.3) is 10.9 Å².